The van der Waals surface area contributed by atoms with Crippen LogP contribution in [0.5, 0.6) is 11.5 Å². The molecule has 4 heterocycles. The van der Waals surface area contributed by atoms with E-state index >= 15 is 0 Å². The molecule has 3 aliphatic heterocycles. The van der Waals surface area contributed by atoms with Gasteiger partial charge in [-0.2, -0.15) is 0 Å². The molecule has 0 radical (unpaired) electrons. The average Bonchev–Trinajstić information content (AvgIpc) is 3.41. The van der Waals surface area contributed by atoms with E-state index in [-0.39, 0.29) is 21.5 Å². The fourth-order valence-electron chi connectivity index (χ4n) is 3.79. The maximum atomic E-state index is 13.7. The molecule has 2 aromatic carbocycles. The van der Waals surface area contributed by atoms with Crippen molar-refractivity contribution in [3.8, 4) is 11.5 Å². The van der Waals surface area contributed by atoms with Crippen LogP contribution in [0.15, 0.2) is 42.4 Å². The fourth-order valence-corrected chi connectivity index (χ4v) is 3.79. The van der Waals surface area contributed by atoms with Gasteiger partial charge in [-0.15, -0.1) is 0 Å². The van der Waals surface area contributed by atoms with Gasteiger partial charge in [0.2, 0.25) is 18.6 Å². The lowest BCUT2D eigenvalue weighted by Gasteiger charge is -2.46. The van der Waals surface area contributed by atoms with E-state index < -0.39 is 85.7 Å². The van der Waals surface area contributed by atoms with Crippen LogP contribution in [0.2, 0.25) is 0 Å². The number of fused-ring (bicyclic) bond motifs is 5. The summed E-state index contributed by atoms with van der Waals surface area (Å²) in [7, 11) is 0. The lowest BCUT2D eigenvalue weighted by atomic mass is 9.86. The Balaban J connectivity index is 1.74. The molecule has 3 aliphatic rings. The molecule has 3 aromatic rings. The first-order chi connectivity index (χ1) is 18.4. The van der Waals surface area contributed by atoms with Gasteiger partial charge < -0.3 is 24.3 Å². The minimum Gasteiger partial charge on any atom is -0.454 e. The highest BCUT2D eigenvalue weighted by molar-refractivity contribution is 5.97. The number of nitrogens with zero attached hydrogens (tertiary/aromatic N) is 2. The summed E-state index contributed by atoms with van der Waals surface area (Å²) in [4.78, 5) is 31.0. The molecule has 2 amide bonds. The number of piperazine rings is 1. The Morgan fingerprint density at radius 2 is 2.14 bits per heavy atom. The number of aromatic nitrogens is 1. The SMILES string of the molecule is [2H]c1c([2H])c([C@]2([2H])c3[nH]c4ccccc4c3C([2H])([2H])[C@@H]3C(=O)N(C([2H])([2H])[2H])CC(=O)N32)c([2H])c2c1OC([2H])([2H])O2. The molecule has 7 heteroatoms. The number of H-pyrrole nitrogens is 1. The molecule has 0 unspecified atom stereocenters. The van der Waals surface area contributed by atoms with E-state index in [2.05, 4.69) is 4.98 Å². The van der Waals surface area contributed by atoms with Gasteiger partial charge in [0.1, 0.15) is 8.78 Å². The Bertz CT molecular complexity index is 1650. The number of amides is 2. The van der Waals surface area contributed by atoms with Gasteiger partial charge in [-0.05, 0) is 29.3 Å². The zero-order valence-electron chi connectivity index (χ0n) is 25.6. The van der Waals surface area contributed by atoms with Crippen molar-refractivity contribution in [1.29, 1.82) is 0 Å². The summed E-state index contributed by atoms with van der Waals surface area (Å²) in [5.41, 5.74) is -0.969. The lowest BCUT2D eigenvalue weighted by molar-refractivity contribution is -0.157. The summed E-state index contributed by atoms with van der Waals surface area (Å²) in [5, 5.41) is 0.214. The maximum absolute atomic E-state index is 13.7. The summed E-state index contributed by atoms with van der Waals surface area (Å²) in [6.07, 6.45) is -2.75. The third-order valence-corrected chi connectivity index (χ3v) is 5.06. The van der Waals surface area contributed by atoms with Gasteiger partial charge in [0.15, 0.2) is 11.5 Å². The number of nitrogens with one attached hydrogen (secondary N) is 1. The molecule has 2 atom stereocenters. The Labute approximate surface area is 182 Å². The summed E-state index contributed by atoms with van der Waals surface area (Å²) in [5.74, 6) is -3.64. The van der Waals surface area contributed by atoms with E-state index in [4.69, 9.17) is 23.2 Å². The van der Waals surface area contributed by atoms with Crippen LogP contribution in [-0.2, 0) is 16.0 Å². The molecule has 1 N–H and O–H groups in total. The van der Waals surface area contributed by atoms with Gasteiger partial charge in [-0.3, -0.25) is 9.59 Å². The first-order valence-electron chi connectivity index (χ1n) is 14.2. The minimum atomic E-state index is -3.11. The number of carbonyl (C=O) groups excluding carboxylic acids is 2. The first-order valence-corrected chi connectivity index (χ1v) is 8.70. The van der Waals surface area contributed by atoms with Gasteiger partial charge in [0, 0.05) is 36.8 Å². The standard InChI is InChI=1S/C22H19N3O4/c1-24-10-19(26)25-16(22(24)27)9-14-13-4-2-3-5-15(13)23-20(14)21(25)12-6-7-17-18(8-12)29-11-28-17/h2-8,16,21,23H,9-11H2,1H3/t16-,21-/m1/s1/i1D3,6D,7D,8D,9D2,11D2,21D. The highest BCUT2D eigenvalue weighted by Crippen LogP contribution is 2.44. The number of hydrogen-bond acceptors (Lipinski definition) is 4. The third kappa shape index (κ3) is 2.24. The van der Waals surface area contributed by atoms with E-state index in [0.29, 0.717) is 10.4 Å². The zero-order chi connectivity index (χ0) is 29.3. The summed E-state index contributed by atoms with van der Waals surface area (Å²) < 4.78 is 103. The van der Waals surface area contributed by atoms with Gasteiger partial charge in [0.25, 0.3) is 0 Å². The minimum absolute atomic E-state index is 0.214. The quantitative estimate of drug-likeness (QED) is 0.680. The second kappa shape index (κ2) is 5.76. The van der Waals surface area contributed by atoms with E-state index in [1.54, 1.807) is 18.2 Å². The molecule has 1 saturated heterocycles. The predicted octanol–water partition coefficient (Wildman–Crippen LogP) is 2.21. The molecule has 0 bridgehead atoms. The van der Waals surface area contributed by atoms with Crippen molar-refractivity contribution in [3.63, 3.8) is 0 Å². The number of likely N-dealkylation sites (N-methyl/N-ethyl adjacent to an activating group) is 1. The number of carbonyl (C=O) groups is 2. The number of para-hydroxylation sites is 1. The van der Waals surface area contributed by atoms with E-state index in [0.717, 1.165) is 0 Å². The second-order valence-corrected chi connectivity index (χ2v) is 6.70. The Morgan fingerprint density at radius 3 is 3.03 bits per heavy atom. The molecule has 0 spiro atoms. The molecule has 1 aromatic heterocycles. The van der Waals surface area contributed by atoms with Gasteiger partial charge in [-0.1, -0.05) is 24.2 Å². The molecular weight excluding hydrogens is 370 g/mol. The Kier molecular flexibility index (Phi) is 1.77. The van der Waals surface area contributed by atoms with Gasteiger partial charge in [-0.25, -0.2) is 0 Å². The van der Waals surface area contributed by atoms with Crippen molar-refractivity contribution >= 4 is 22.7 Å². The highest BCUT2D eigenvalue weighted by Gasteiger charge is 2.47. The Morgan fingerprint density at radius 1 is 1.28 bits per heavy atom. The van der Waals surface area contributed by atoms with Crippen LogP contribution in [-0.4, -0.2) is 52.9 Å². The smallest absolute Gasteiger partial charge is 0.245 e. The predicted molar refractivity (Wildman–Crippen MR) is 105 cm³/mol. The number of rotatable bonds is 1. The summed E-state index contributed by atoms with van der Waals surface area (Å²) in [6.45, 7) is -6.95. The number of ether oxygens (including phenoxy) is 2. The topological polar surface area (TPSA) is 74.9 Å². The van der Waals surface area contributed by atoms with Crippen molar-refractivity contribution in [2.24, 2.45) is 0 Å². The van der Waals surface area contributed by atoms with Crippen molar-refractivity contribution < 1.29 is 34.1 Å². The normalized spacial score (nSPS) is 34.8. The van der Waals surface area contributed by atoms with E-state index in [9.17, 15) is 11.0 Å². The van der Waals surface area contributed by atoms with E-state index in [1.807, 2.05) is 0 Å². The monoisotopic (exact) mass is 400 g/mol. The second-order valence-electron chi connectivity index (χ2n) is 6.70. The zero-order valence-corrected chi connectivity index (χ0v) is 14.6. The number of aromatic amines is 1. The van der Waals surface area contributed by atoms with Crippen LogP contribution in [0.3, 0.4) is 0 Å². The van der Waals surface area contributed by atoms with Gasteiger partial charge >= 0.3 is 0 Å². The van der Waals surface area contributed by atoms with Crippen LogP contribution in [0.25, 0.3) is 10.9 Å². The molecule has 7 nitrogen and oxygen atoms in total. The molecule has 0 aliphatic carbocycles. The third-order valence-electron chi connectivity index (χ3n) is 5.06. The maximum Gasteiger partial charge on any atom is 0.245 e. The average molecular weight is 400 g/mol. The number of benzene rings is 2. The van der Waals surface area contributed by atoms with Crippen molar-refractivity contribution in [2.75, 3.05) is 20.3 Å². The first kappa shape index (κ1) is 8.90. The van der Waals surface area contributed by atoms with Crippen molar-refractivity contribution in [2.45, 2.75) is 18.4 Å². The summed E-state index contributed by atoms with van der Waals surface area (Å²) >= 11 is 0. The molecule has 146 valence electrons. The highest BCUT2D eigenvalue weighted by atomic mass is 16.7. The molecule has 29 heavy (non-hydrogen) atoms. The van der Waals surface area contributed by atoms with Crippen LogP contribution in [0.1, 0.15) is 37.9 Å². The Hall–Kier alpha value is -3.48. The van der Waals surface area contributed by atoms with Crippen LogP contribution in [0, 0.1) is 0 Å². The van der Waals surface area contributed by atoms with Crippen LogP contribution in [0.4, 0.5) is 0 Å². The van der Waals surface area contributed by atoms with Crippen LogP contribution < -0.4 is 9.47 Å². The van der Waals surface area contributed by atoms with Gasteiger partial charge in [0.05, 0.1) is 18.0 Å². The summed E-state index contributed by atoms with van der Waals surface area (Å²) in [6, 6.07) is -1.11. The van der Waals surface area contributed by atoms with E-state index in [1.165, 1.54) is 6.07 Å². The van der Waals surface area contributed by atoms with Crippen molar-refractivity contribution in [3.05, 3.63) is 59.2 Å². The fraction of sp³-hybridized carbons (Fsp3) is 0.273. The van der Waals surface area contributed by atoms with Crippen molar-refractivity contribution in [1.82, 2.24) is 14.8 Å². The lowest BCUT2D eigenvalue weighted by Crippen LogP contribution is -2.62. The number of hydrogen-bond donors (Lipinski definition) is 1. The molecule has 6 rings (SSSR count). The largest absolute Gasteiger partial charge is 0.454 e. The molecule has 0 saturated carbocycles. The molecule has 1 fully saturated rings. The van der Waals surface area contributed by atoms with Crippen LogP contribution >= 0.6 is 0 Å². The molecular formula is C22H19N3O4.